The number of carbonyl (C=O) groups excluding carboxylic acids is 1. The molecule has 1 amide bonds. The van der Waals surface area contributed by atoms with Crippen LogP contribution in [0.5, 0.6) is 5.75 Å². The first-order valence-electron chi connectivity index (χ1n) is 10.7. The molecule has 0 radical (unpaired) electrons. The van der Waals surface area contributed by atoms with Crippen LogP contribution in [-0.2, 0) is 0 Å². The van der Waals surface area contributed by atoms with Crippen molar-refractivity contribution < 1.29 is 14.5 Å². The summed E-state index contributed by atoms with van der Waals surface area (Å²) < 4.78 is 6.78. The molecule has 0 spiro atoms. The molecule has 2 aromatic carbocycles. The van der Waals surface area contributed by atoms with Crippen molar-refractivity contribution in [1.82, 2.24) is 25.2 Å². The number of nitrogens with one attached hydrogen (secondary N) is 1. The molecule has 10 nitrogen and oxygen atoms in total. The van der Waals surface area contributed by atoms with Crippen LogP contribution in [0.4, 0.5) is 5.69 Å². The van der Waals surface area contributed by atoms with Crippen molar-refractivity contribution in [2.45, 2.75) is 26.8 Å². The first kappa shape index (κ1) is 23.9. The fourth-order valence-corrected chi connectivity index (χ4v) is 3.77. The van der Waals surface area contributed by atoms with E-state index in [-0.39, 0.29) is 23.3 Å². The molecule has 10 heteroatoms. The normalized spacial score (nSPS) is 11.9. The van der Waals surface area contributed by atoms with Crippen LogP contribution >= 0.6 is 0 Å². The highest BCUT2D eigenvalue weighted by Crippen LogP contribution is 2.24. The third-order valence-corrected chi connectivity index (χ3v) is 5.58. The predicted molar refractivity (Wildman–Crippen MR) is 124 cm³/mol. The minimum Gasteiger partial charge on any atom is -0.497 e. The zero-order valence-corrected chi connectivity index (χ0v) is 19.2. The Kier molecular flexibility index (Phi) is 7.73. The summed E-state index contributed by atoms with van der Waals surface area (Å²) in [6, 6.07) is 13.8. The van der Waals surface area contributed by atoms with E-state index in [0.29, 0.717) is 17.9 Å². The Hall–Kier alpha value is -3.79. The number of hydrogen-bond donors (Lipinski definition) is 1. The molecule has 33 heavy (non-hydrogen) atoms. The van der Waals surface area contributed by atoms with Crippen molar-refractivity contribution in [3.05, 3.63) is 75.6 Å². The fourth-order valence-electron chi connectivity index (χ4n) is 3.77. The summed E-state index contributed by atoms with van der Waals surface area (Å²) in [4.78, 5) is 25.8. The molecule has 3 rings (SSSR count). The number of carbonyl (C=O) groups is 1. The molecule has 1 heterocycles. The highest BCUT2D eigenvalue weighted by atomic mass is 16.6. The fraction of sp³-hybridized carbons (Fsp3) is 0.348. The first-order chi connectivity index (χ1) is 15.9. The van der Waals surface area contributed by atoms with E-state index >= 15 is 0 Å². The maximum atomic E-state index is 13.0. The maximum Gasteiger partial charge on any atom is 0.273 e. The molecule has 0 bridgehead atoms. The molecule has 0 aliphatic rings. The lowest BCUT2D eigenvalue weighted by Crippen LogP contribution is -2.38. The van der Waals surface area contributed by atoms with Crippen molar-refractivity contribution >= 4 is 11.6 Å². The summed E-state index contributed by atoms with van der Waals surface area (Å²) in [7, 11) is 1.63. The second kappa shape index (κ2) is 10.7. The van der Waals surface area contributed by atoms with Gasteiger partial charge in [0, 0.05) is 18.7 Å². The monoisotopic (exact) mass is 452 g/mol. The van der Waals surface area contributed by atoms with Gasteiger partial charge in [0.1, 0.15) is 5.75 Å². The van der Waals surface area contributed by atoms with Crippen molar-refractivity contribution in [1.29, 1.82) is 0 Å². The number of likely N-dealkylation sites (N-methyl/N-ethyl adjacent to an activating group) is 1. The van der Waals surface area contributed by atoms with Crippen LogP contribution in [0.1, 0.15) is 41.6 Å². The van der Waals surface area contributed by atoms with Crippen molar-refractivity contribution in [3.8, 4) is 11.4 Å². The van der Waals surface area contributed by atoms with Crippen LogP contribution in [-0.4, -0.2) is 57.5 Å². The minimum absolute atomic E-state index is 0.0498. The SMILES string of the molecule is CCN(CC)C(CNC(=O)c1nnn(-c2cccc([N+](=O)[O-])c2)c1C)c1cccc(OC)c1. The van der Waals surface area contributed by atoms with E-state index in [4.69, 9.17) is 4.74 Å². The molecule has 174 valence electrons. The van der Waals surface area contributed by atoms with Crippen LogP contribution in [0, 0.1) is 17.0 Å². The summed E-state index contributed by atoms with van der Waals surface area (Å²) in [6.07, 6.45) is 0. The Labute approximate surface area is 192 Å². The van der Waals surface area contributed by atoms with Gasteiger partial charge in [-0.2, -0.15) is 0 Å². The van der Waals surface area contributed by atoms with Gasteiger partial charge in [0.15, 0.2) is 5.69 Å². The Balaban J connectivity index is 1.81. The van der Waals surface area contributed by atoms with Gasteiger partial charge < -0.3 is 10.1 Å². The highest BCUT2D eigenvalue weighted by Gasteiger charge is 2.23. The van der Waals surface area contributed by atoms with E-state index in [0.717, 1.165) is 24.4 Å². The van der Waals surface area contributed by atoms with Crippen LogP contribution in [0.15, 0.2) is 48.5 Å². The second-order valence-electron chi connectivity index (χ2n) is 7.44. The molecule has 1 aromatic heterocycles. The standard InChI is InChI=1S/C23H28N6O4/c1-5-27(6-2)21(17-9-7-12-20(13-17)33-4)15-24-23(30)22-16(3)28(26-25-22)18-10-8-11-19(14-18)29(31)32/h7-14,21H,5-6,15H2,1-4H3,(H,24,30). The maximum absolute atomic E-state index is 13.0. The second-order valence-corrected chi connectivity index (χ2v) is 7.44. The lowest BCUT2D eigenvalue weighted by Gasteiger charge is -2.30. The number of hydrogen-bond acceptors (Lipinski definition) is 7. The third kappa shape index (κ3) is 5.35. The lowest BCUT2D eigenvalue weighted by atomic mass is 10.0. The van der Waals surface area contributed by atoms with Gasteiger partial charge in [0.05, 0.1) is 29.5 Å². The van der Waals surface area contributed by atoms with Gasteiger partial charge in [-0.1, -0.05) is 37.3 Å². The van der Waals surface area contributed by atoms with Crippen molar-refractivity contribution in [2.75, 3.05) is 26.7 Å². The topological polar surface area (TPSA) is 115 Å². The van der Waals surface area contributed by atoms with Gasteiger partial charge in [0.2, 0.25) is 0 Å². The van der Waals surface area contributed by atoms with Crippen LogP contribution in [0.2, 0.25) is 0 Å². The summed E-state index contributed by atoms with van der Waals surface area (Å²) >= 11 is 0. The van der Waals surface area contributed by atoms with Crippen LogP contribution in [0.3, 0.4) is 0 Å². The molecule has 0 aliphatic heterocycles. The molecular weight excluding hydrogens is 424 g/mol. The summed E-state index contributed by atoms with van der Waals surface area (Å²) in [5.74, 6) is 0.399. The van der Waals surface area contributed by atoms with E-state index in [1.54, 1.807) is 26.2 Å². The zero-order valence-electron chi connectivity index (χ0n) is 19.2. The van der Waals surface area contributed by atoms with E-state index in [9.17, 15) is 14.9 Å². The van der Waals surface area contributed by atoms with E-state index in [1.165, 1.54) is 16.8 Å². The quantitative estimate of drug-likeness (QED) is 0.371. The lowest BCUT2D eigenvalue weighted by molar-refractivity contribution is -0.384. The number of non-ortho nitro benzene ring substituents is 1. The van der Waals surface area contributed by atoms with E-state index in [2.05, 4.69) is 34.4 Å². The molecule has 0 saturated heterocycles. The number of aromatic nitrogens is 3. The Morgan fingerprint density at radius 2 is 1.94 bits per heavy atom. The Morgan fingerprint density at radius 1 is 1.21 bits per heavy atom. The number of rotatable bonds is 10. The van der Waals surface area contributed by atoms with Gasteiger partial charge in [-0.15, -0.1) is 5.10 Å². The summed E-state index contributed by atoms with van der Waals surface area (Å²) in [5.41, 5.74) is 2.11. The van der Waals surface area contributed by atoms with Crippen molar-refractivity contribution in [3.63, 3.8) is 0 Å². The average molecular weight is 453 g/mol. The summed E-state index contributed by atoms with van der Waals surface area (Å²) in [5, 5.41) is 22.1. The number of amides is 1. The number of methoxy groups -OCH3 is 1. The minimum atomic E-state index is -0.477. The smallest absolute Gasteiger partial charge is 0.273 e. The average Bonchev–Trinajstić information content (AvgIpc) is 3.23. The predicted octanol–water partition coefficient (Wildman–Crippen LogP) is 3.31. The molecule has 0 aliphatic carbocycles. The molecule has 1 atom stereocenters. The molecule has 0 fully saturated rings. The summed E-state index contributed by atoms with van der Waals surface area (Å²) in [6.45, 7) is 7.86. The number of nitrogens with zero attached hydrogens (tertiary/aromatic N) is 5. The first-order valence-corrected chi connectivity index (χ1v) is 10.7. The van der Waals surface area contributed by atoms with Gasteiger partial charge in [-0.3, -0.25) is 19.8 Å². The molecule has 1 N–H and O–H groups in total. The van der Waals surface area contributed by atoms with Crippen LogP contribution in [0.25, 0.3) is 5.69 Å². The molecular formula is C23H28N6O4. The van der Waals surface area contributed by atoms with Gasteiger partial charge in [-0.05, 0) is 43.8 Å². The molecule has 0 saturated carbocycles. The third-order valence-electron chi connectivity index (χ3n) is 5.58. The Bertz CT molecular complexity index is 1130. The largest absolute Gasteiger partial charge is 0.497 e. The van der Waals surface area contributed by atoms with Crippen molar-refractivity contribution in [2.24, 2.45) is 0 Å². The number of nitro groups is 1. The zero-order chi connectivity index (χ0) is 24.0. The van der Waals surface area contributed by atoms with E-state index in [1.807, 2.05) is 24.3 Å². The van der Waals surface area contributed by atoms with E-state index < -0.39 is 4.92 Å². The van der Waals surface area contributed by atoms with Gasteiger partial charge in [0.25, 0.3) is 11.6 Å². The number of nitro benzene ring substituents is 1. The molecule has 3 aromatic rings. The number of ether oxygens (including phenoxy) is 1. The highest BCUT2D eigenvalue weighted by molar-refractivity contribution is 5.93. The molecule has 1 unspecified atom stereocenters. The Morgan fingerprint density at radius 3 is 2.61 bits per heavy atom. The van der Waals surface area contributed by atoms with Crippen LogP contribution < -0.4 is 10.1 Å². The van der Waals surface area contributed by atoms with Gasteiger partial charge >= 0.3 is 0 Å². The van der Waals surface area contributed by atoms with Gasteiger partial charge in [-0.25, -0.2) is 4.68 Å². The number of benzene rings is 2.